The molecule has 0 unspecified atom stereocenters. The maximum Gasteiger partial charge on any atom is 0.543 e. The van der Waals surface area contributed by atoms with Gasteiger partial charge in [-0.2, -0.15) is 0 Å². The first kappa shape index (κ1) is 17.8. The molecule has 122 valence electrons. The molecule has 0 saturated carbocycles. The third kappa shape index (κ3) is 6.94. The van der Waals surface area contributed by atoms with E-state index in [0.717, 1.165) is 19.3 Å². The van der Waals surface area contributed by atoms with Crippen molar-refractivity contribution in [3.8, 4) is 5.75 Å². The molecule has 1 rings (SSSR count). The van der Waals surface area contributed by atoms with Crippen molar-refractivity contribution in [2.45, 2.75) is 33.1 Å². The Hall–Kier alpha value is -2.28. The van der Waals surface area contributed by atoms with Crippen molar-refractivity contribution in [2.75, 3.05) is 13.2 Å². The molecule has 0 radical (unpaired) electrons. The lowest BCUT2D eigenvalue weighted by atomic mass is 10.2. The molecule has 0 atom stereocenters. The van der Waals surface area contributed by atoms with Crippen LogP contribution in [0.1, 0.15) is 43.5 Å². The highest BCUT2D eigenvalue weighted by Crippen LogP contribution is 2.13. The molecule has 0 spiro atoms. The van der Waals surface area contributed by atoms with Crippen LogP contribution in [-0.2, 0) is 19.6 Å². The summed E-state index contributed by atoms with van der Waals surface area (Å²) >= 11 is 0. The zero-order valence-electron chi connectivity index (χ0n) is 12.7. The summed E-state index contributed by atoms with van der Waals surface area (Å²) in [5.41, 5.74) is 0.225. The number of benzene rings is 1. The van der Waals surface area contributed by atoms with Crippen LogP contribution in [0.15, 0.2) is 24.3 Å². The minimum Gasteiger partial charge on any atom is -0.494 e. The monoisotopic (exact) mass is 312 g/mol. The summed E-state index contributed by atoms with van der Waals surface area (Å²) in [6, 6.07) is 6.23. The fraction of sp³-hybridized carbons (Fsp3) is 0.467. The topological polar surface area (TPSA) is 80.3 Å². The number of rotatable bonds is 9. The van der Waals surface area contributed by atoms with E-state index in [1.165, 1.54) is 12.1 Å². The summed E-state index contributed by atoms with van der Waals surface area (Å²) in [5.74, 6) is -0.172. The normalized spacial score (nSPS) is 9.91. The largest absolute Gasteiger partial charge is 0.543 e. The first-order valence-electron chi connectivity index (χ1n) is 7.12. The molecule has 0 aromatic heterocycles. The van der Waals surface area contributed by atoms with Gasteiger partial charge in [0.2, 0.25) is 0 Å². The first-order valence-corrected chi connectivity index (χ1v) is 7.12. The molecule has 0 fully saturated rings. The Labute approximate surface area is 128 Å². The standard InChI is InChI=1S/C15H20O7/c1-3-5-6-11-19-15(17)21-22-20-14(16)12-7-9-13(10-8-12)18-4-2/h7-10H,3-6,11H2,1-2H3. The van der Waals surface area contributed by atoms with Crippen molar-refractivity contribution in [2.24, 2.45) is 0 Å². The van der Waals surface area contributed by atoms with E-state index in [2.05, 4.69) is 19.6 Å². The summed E-state index contributed by atoms with van der Waals surface area (Å²) in [4.78, 5) is 31.1. The van der Waals surface area contributed by atoms with Gasteiger partial charge in [-0.3, -0.25) is 4.89 Å². The van der Waals surface area contributed by atoms with E-state index in [0.29, 0.717) is 12.4 Å². The highest BCUT2D eigenvalue weighted by Gasteiger charge is 2.12. The molecule has 22 heavy (non-hydrogen) atoms. The second-order valence-electron chi connectivity index (χ2n) is 4.29. The van der Waals surface area contributed by atoms with Crippen molar-refractivity contribution in [3.05, 3.63) is 29.8 Å². The van der Waals surface area contributed by atoms with Gasteiger partial charge in [0, 0.05) is 0 Å². The molecular weight excluding hydrogens is 292 g/mol. The number of hydrogen-bond donors (Lipinski definition) is 0. The number of hydrogen-bond acceptors (Lipinski definition) is 7. The Morgan fingerprint density at radius 2 is 1.73 bits per heavy atom. The van der Waals surface area contributed by atoms with Crippen molar-refractivity contribution < 1.29 is 33.9 Å². The highest BCUT2D eigenvalue weighted by atomic mass is 17.5. The zero-order chi connectivity index (χ0) is 16.2. The van der Waals surface area contributed by atoms with Gasteiger partial charge in [-0.05, 0) is 37.6 Å². The number of carbonyl (C=O) groups is 2. The minimum absolute atomic E-state index is 0.225. The lowest BCUT2D eigenvalue weighted by Crippen LogP contribution is -2.12. The lowest BCUT2D eigenvalue weighted by Gasteiger charge is -2.05. The highest BCUT2D eigenvalue weighted by molar-refractivity contribution is 5.89. The van der Waals surface area contributed by atoms with Gasteiger partial charge in [0.05, 0.1) is 23.8 Å². The molecule has 0 aliphatic heterocycles. The Kier molecular flexibility index (Phi) is 8.44. The van der Waals surface area contributed by atoms with Crippen molar-refractivity contribution >= 4 is 12.1 Å². The third-order valence-electron chi connectivity index (χ3n) is 2.58. The Morgan fingerprint density at radius 3 is 2.36 bits per heavy atom. The third-order valence-corrected chi connectivity index (χ3v) is 2.58. The first-order chi connectivity index (χ1) is 10.7. The van der Waals surface area contributed by atoms with Crippen LogP contribution < -0.4 is 4.74 Å². The maximum atomic E-state index is 11.6. The van der Waals surface area contributed by atoms with E-state index in [4.69, 9.17) is 4.74 Å². The number of unbranched alkanes of at least 4 members (excludes halogenated alkanes) is 2. The van der Waals surface area contributed by atoms with Crippen molar-refractivity contribution in [3.63, 3.8) is 0 Å². The molecule has 0 amide bonds. The Bertz CT molecular complexity index is 455. The average molecular weight is 312 g/mol. The molecule has 7 heteroatoms. The summed E-state index contributed by atoms with van der Waals surface area (Å²) in [6.45, 7) is 4.64. The minimum atomic E-state index is -1.06. The van der Waals surface area contributed by atoms with Crippen molar-refractivity contribution in [1.82, 2.24) is 0 Å². The van der Waals surface area contributed by atoms with Crippen LogP contribution in [0.3, 0.4) is 0 Å². The van der Waals surface area contributed by atoms with Crippen LogP contribution in [-0.4, -0.2) is 25.3 Å². The fourth-order valence-corrected chi connectivity index (χ4v) is 1.51. The molecule has 0 aliphatic rings. The molecule has 0 aliphatic carbocycles. The van der Waals surface area contributed by atoms with Gasteiger partial charge in [0.15, 0.2) is 0 Å². The van der Waals surface area contributed by atoms with Crippen LogP contribution in [0.4, 0.5) is 4.79 Å². The van der Waals surface area contributed by atoms with Crippen LogP contribution in [0.5, 0.6) is 5.75 Å². The van der Waals surface area contributed by atoms with Gasteiger partial charge in [0.1, 0.15) is 5.75 Å². The van der Waals surface area contributed by atoms with Crippen LogP contribution in [0, 0.1) is 0 Å². The van der Waals surface area contributed by atoms with Crippen molar-refractivity contribution in [1.29, 1.82) is 0 Å². The lowest BCUT2D eigenvalue weighted by molar-refractivity contribution is -0.452. The van der Waals surface area contributed by atoms with E-state index in [1.807, 2.05) is 13.8 Å². The van der Waals surface area contributed by atoms with E-state index in [-0.39, 0.29) is 12.2 Å². The Balaban J connectivity index is 2.23. The van der Waals surface area contributed by atoms with Gasteiger partial charge >= 0.3 is 12.1 Å². The molecule has 0 heterocycles. The number of ether oxygens (including phenoxy) is 2. The van der Waals surface area contributed by atoms with E-state index in [9.17, 15) is 9.59 Å². The van der Waals surface area contributed by atoms with Gasteiger partial charge < -0.3 is 9.47 Å². The predicted molar refractivity (Wildman–Crippen MR) is 76.1 cm³/mol. The molecule has 0 saturated heterocycles. The molecule has 0 bridgehead atoms. The second-order valence-corrected chi connectivity index (χ2v) is 4.29. The van der Waals surface area contributed by atoms with Crippen LogP contribution in [0.2, 0.25) is 0 Å². The van der Waals surface area contributed by atoms with Gasteiger partial charge in [-0.25, -0.2) is 14.5 Å². The molecule has 7 nitrogen and oxygen atoms in total. The van der Waals surface area contributed by atoms with E-state index < -0.39 is 12.1 Å². The summed E-state index contributed by atoms with van der Waals surface area (Å²) in [7, 11) is 0. The van der Waals surface area contributed by atoms with Gasteiger partial charge in [-0.15, -0.1) is 0 Å². The summed E-state index contributed by atoms with van der Waals surface area (Å²) < 4.78 is 9.92. The molecule has 1 aromatic carbocycles. The van der Waals surface area contributed by atoms with Crippen LogP contribution in [0.25, 0.3) is 0 Å². The second kappa shape index (κ2) is 10.4. The SMILES string of the molecule is CCCCCOC(=O)OOOC(=O)c1ccc(OCC)cc1. The van der Waals surface area contributed by atoms with Crippen LogP contribution >= 0.6 is 0 Å². The molecule has 0 N–H and O–H groups in total. The van der Waals surface area contributed by atoms with E-state index >= 15 is 0 Å². The van der Waals surface area contributed by atoms with Gasteiger partial charge in [0.25, 0.3) is 0 Å². The number of carbonyl (C=O) groups excluding carboxylic acids is 2. The average Bonchev–Trinajstić information content (AvgIpc) is 2.52. The van der Waals surface area contributed by atoms with Gasteiger partial charge in [-0.1, -0.05) is 19.8 Å². The quantitative estimate of drug-likeness (QED) is 0.299. The smallest absolute Gasteiger partial charge is 0.494 e. The van der Waals surface area contributed by atoms with E-state index in [1.54, 1.807) is 12.1 Å². The fourth-order valence-electron chi connectivity index (χ4n) is 1.51. The maximum absolute atomic E-state index is 11.6. The zero-order valence-corrected chi connectivity index (χ0v) is 12.7. The summed E-state index contributed by atoms with van der Waals surface area (Å²) in [6.07, 6.45) is 1.63. The molecule has 1 aromatic rings. The molecular formula is C15H20O7. The Morgan fingerprint density at radius 1 is 1.00 bits per heavy atom. The predicted octanol–water partition coefficient (Wildman–Crippen LogP) is 3.43. The summed E-state index contributed by atoms with van der Waals surface area (Å²) in [5, 5.41) is 4.09.